The van der Waals surface area contributed by atoms with Gasteiger partial charge in [-0.3, -0.25) is 0 Å². The zero-order chi connectivity index (χ0) is 18.7. The number of rotatable bonds is 6. The van der Waals surface area contributed by atoms with Crippen LogP contribution in [0.1, 0.15) is 17.0 Å². The topological polar surface area (TPSA) is 85.1 Å². The van der Waals surface area contributed by atoms with Crippen molar-refractivity contribution < 1.29 is 12.9 Å². The molecule has 0 aliphatic rings. The van der Waals surface area contributed by atoms with Crippen LogP contribution < -0.4 is 4.72 Å². The summed E-state index contributed by atoms with van der Waals surface area (Å²) in [6, 6.07) is 12.4. The van der Waals surface area contributed by atoms with Gasteiger partial charge in [-0.25, -0.2) is 13.1 Å². The van der Waals surface area contributed by atoms with Gasteiger partial charge in [0.1, 0.15) is 0 Å². The summed E-state index contributed by atoms with van der Waals surface area (Å²) in [4.78, 5) is 4.53. The van der Waals surface area contributed by atoms with Crippen LogP contribution in [0, 0.1) is 13.8 Å². The Morgan fingerprint density at radius 1 is 1.15 bits per heavy atom. The second-order valence-corrected chi connectivity index (χ2v) is 8.05. The Labute approximate surface area is 157 Å². The number of halogens is 1. The lowest BCUT2D eigenvalue weighted by Crippen LogP contribution is -2.26. The predicted molar refractivity (Wildman–Crippen MR) is 99.6 cm³/mol. The summed E-state index contributed by atoms with van der Waals surface area (Å²) in [5.41, 5.74) is 2.38. The molecule has 0 aliphatic carbocycles. The highest BCUT2D eigenvalue weighted by Gasteiger charge is 2.17. The Kier molecular flexibility index (Phi) is 5.41. The Morgan fingerprint density at radius 2 is 1.92 bits per heavy atom. The minimum Gasteiger partial charge on any atom is -0.339 e. The number of hydrogen-bond acceptors (Lipinski definition) is 5. The van der Waals surface area contributed by atoms with E-state index in [9.17, 15) is 8.42 Å². The van der Waals surface area contributed by atoms with E-state index in [0.29, 0.717) is 27.9 Å². The molecule has 1 heterocycles. The first-order valence-corrected chi connectivity index (χ1v) is 9.87. The molecule has 0 unspecified atom stereocenters. The molecule has 0 atom stereocenters. The SMILES string of the molecule is Cc1ccc(S(=O)(=O)NCCc2nc(-c3ccccc3Cl)no2)c(C)c1. The van der Waals surface area contributed by atoms with Gasteiger partial charge in [-0.05, 0) is 37.6 Å². The molecule has 0 bridgehead atoms. The van der Waals surface area contributed by atoms with Crippen LogP contribution in [0.15, 0.2) is 51.9 Å². The molecule has 1 aromatic heterocycles. The fraction of sp³-hybridized carbons (Fsp3) is 0.222. The van der Waals surface area contributed by atoms with Crippen molar-refractivity contribution >= 4 is 21.6 Å². The van der Waals surface area contributed by atoms with Crippen LogP contribution in [0.4, 0.5) is 0 Å². The smallest absolute Gasteiger partial charge is 0.240 e. The van der Waals surface area contributed by atoms with Crippen molar-refractivity contribution in [2.24, 2.45) is 0 Å². The first-order valence-electron chi connectivity index (χ1n) is 8.01. The van der Waals surface area contributed by atoms with E-state index in [1.807, 2.05) is 25.1 Å². The molecular formula is C18H18ClN3O3S. The minimum atomic E-state index is -3.59. The van der Waals surface area contributed by atoms with Crippen LogP contribution in [-0.2, 0) is 16.4 Å². The lowest BCUT2D eigenvalue weighted by molar-refractivity contribution is 0.379. The number of hydrogen-bond donors (Lipinski definition) is 1. The number of aromatic nitrogens is 2. The zero-order valence-electron chi connectivity index (χ0n) is 14.4. The van der Waals surface area contributed by atoms with Gasteiger partial charge in [-0.1, -0.05) is 46.6 Å². The molecule has 0 amide bonds. The van der Waals surface area contributed by atoms with Gasteiger partial charge in [-0.2, -0.15) is 4.98 Å². The number of aryl methyl sites for hydroxylation is 2. The van der Waals surface area contributed by atoms with Crippen molar-refractivity contribution in [3.63, 3.8) is 0 Å². The van der Waals surface area contributed by atoms with Gasteiger partial charge in [0.15, 0.2) is 0 Å². The fourth-order valence-corrected chi connectivity index (χ4v) is 4.06. The van der Waals surface area contributed by atoms with Crippen molar-refractivity contribution in [3.05, 3.63) is 64.5 Å². The maximum Gasteiger partial charge on any atom is 0.240 e. The van der Waals surface area contributed by atoms with Crippen molar-refractivity contribution in [2.75, 3.05) is 6.54 Å². The summed E-state index contributed by atoms with van der Waals surface area (Å²) in [5.74, 6) is 0.714. The molecule has 2 aromatic carbocycles. The van der Waals surface area contributed by atoms with E-state index in [0.717, 1.165) is 5.56 Å². The maximum atomic E-state index is 12.4. The first kappa shape index (κ1) is 18.6. The van der Waals surface area contributed by atoms with Crippen LogP contribution in [0.3, 0.4) is 0 Å². The largest absolute Gasteiger partial charge is 0.339 e. The first-order chi connectivity index (χ1) is 12.4. The highest BCUT2D eigenvalue weighted by atomic mass is 35.5. The molecule has 6 nitrogen and oxygen atoms in total. The molecule has 136 valence electrons. The molecule has 26 heavy (non-hydrogen) atoms. The molecule has 3 rings (SSSR count). The lowest BCUT2D eigenvalue weighted by Gasteiger charge is -2.09. The molecule has 0 radical (unpaired) electrons. The van der Waals surface area contributed by atoms with Gasteiger partial charge >= 0.3 is 0 Å². The van der Waals surface area contributed by atoms with E-state index in [1.54, 1.807) is 31.2 Å². The zero-order valence-corrected chi connectivity index (χ0v) is 15.9. The van der Waals surface area contributed by atoms with Crippen molar-refractivity contribution in [3.8, 4) is 11.4 Å². The molecule has 0 saturated heterocycles. The molecule has 3 aromatic rings. The second kappa shape index (κ2) is 7.57. The third kappa shape index (κ3) is 4.12. The third-order valence-electron chi connectivity index (χ3n) is 3.83. The van der Waals surface area contributed by atoms with Gasteiger partial charge in [0.25, 0.3) is 0 Å². The van der Waals surface area contributed by atoms with Gasteiger partial charge in [-0.15, -0.1) is 0 Å². The monoisotopic (exact) mass is 391 g/mol. The van der Waals surface area contributed by atoms with Crippen LogP contribution in [-0.4, -0.2) is 25.1 Å². The lowest BCUT2D eigenvalue weighted by atomic mass is 10.2. The van der Waals surface area contributed by atoms with E-state index in [1.165, 1.54) is 0 Å². The van der Waals surface area contributed by atoms with Crippen molar-refractivity contribution in [2.45, 2.75) is 25.2 Å². The Bertz CT molecular complexity index is 1030. The van der Waals surface area contributed by atoms with E-state index < -0.39 is 10.0 Å². The number of sulfonamides is 1. The highest BCUT2D eigenvalue weighted by molar-refractivity contribution is 7.89. The summed E-state index contributed by atoms with van der Waals surface area (Å²) >= 11 is 6.11. The Balaban J connectivity index is 1.66. The minimum absolute atomic E-state index is 0.153. The number of nitrogens with zero attached hydrogens (tertiary/aromatic N) is 2. The highest BCUT2D eigenvalue weighted by Crippen LogP contribution is 2.24. The Morgan fingerprint density at radius 3 is 2.65 bits per heavy atom. The summed E-state index contributed by atoms with van der Waals surface area (Å²) in [6.07, 6.45) is 0.279. The van der Waals surface area contributed by atoms with E-state index in [4.69, 9.17) is 16.1 Å². The van der Waals surface area contributed by atoms with Crippen LogP contribution in [0.2, 0.25) is 5.02 Å². The summed E-state index contributed by atoms with van der Waals surface area (Å²) in [7, 11) is -3.59. The average Bonchev–Trinajstić information content (AvgIpc) is 3.03. The predicted octanol–water partition coefficient (Wildman–Crippen LogP) is 3.53. The molecule has 0 fully saturated rings. The number of nitrogens with one attached hydrogen (secondary N) is 1. The molecule has 1 N–H and O–H groups in total. The van der Waals surface area contributed by atoms with E-state index in [2.05, 4.69) is 14.9 Å². The van der Waals surface area contributed by atoms with Crippen molar-refractivity contribution in [1.29, 1.82) is 0 Å². The van der Waals surface area contributed by atoms with Crippen LogP contribution >= 0.6 is 11.6 Å². The summed E-state index contributed by atoms with van der Waals surface area (Å²) < 4.78 is 32.6. The van der Waals surface area contributed by atoms with Gasteiger partial charge < -0.3 is 4.52 Å². The quantitative estimate of drug-likeness (QED) is 0.694. The second-order valence-electron chi connectivity index (χ2n) is 5.91. The fourth-order valence-electron chi connectivity index (χ4n) is 2.58. The maximum absolute atomic E-state index is 12.4. The van der Waals surface area contributed by atoms with E-state index >= 15 is 0 Å². The van der Waals surface area contributed by atoms with E-state index in [-0.39, 0.29) is 17.9 Å². The summed E-state index contributed by atoms with van der Waals surface area (Å²) in [6.45, 7) is 3.85. The third-order valence-corrected chi connectivity index (χ3v) is 5.78. The van der Waals surface area contributed by atoms with Crippen molar-refractivity contribution in [1.82, 2.24) is 14.9 Å². The molecular weight excluding hydrogens is 374 g/mol. The average molecular weight is 392 g/mol. The van der Waals surface area contributed by atoms with Crippen LogP contribution in [0.25, 0.3) is 11.4 Å². The van der Waals surface area contributed by atoms with Gasteiger partial charge in [0.2, 0.25) is 21.7 Å². The standard InChI is InChI=1S/C18H18ClN3O3S/c1-12-7-8-16(13(2)11-12)26(23,24)20-10-9-17-21-18(22-25-17)14-5-3-4-6-15(14)19/h3-8,11,20H,9-10H2,1-2H3. The normalized spacial score (nSPS) is 11.7. The molecule has 8 heteroatoms. The molecule has 0 aliphatic heterocycles. The molecule has 0 spiro atoms. The van der Waals surface area contributed by atoms with Gasteiger partial charge in [0.05, 0.1) is 9.92 Å². The molecule has 0 saturated carbocycles. The Hall–Kier alpha value is -2.22. The summed E-state index contributed by atoms with van der Waals surface area (Å²) in [5, 5.41) is 4.42. The van der Waals surface area contributed by atoms with Gasteiger partial charge in [0, 0.05) is 18.5 Å². The van der Waals surface area contributed by atoms with Crippen LogP contribution in [0.5, 0.6) is 0 Å². The number of benzene rings is 2.